The summed E-state index contributed by atoms with van der Waals surface area (Å²) in [4.78, 5) is 6.74. The standard InChI is InChI=1S/C17H22FN3O/c1-22-16-4-6-21(15(9-16)10-19)11-13-8-14(18)7-12-3-2-5-20-17(12)13/h2-3,5,7-8,15-16H,4,6,9-11,19H2,1H3. The van der Waals surface area contributed by atoms with Crippen molar-refractivity contribution in [1.29, 1.82) is 0 Å². The van der Waals surface area contributed by atoms with Gasteiger partial charge < -0.3 is 10.5 Å². The minimum Gasteiger partial charge on any atom is -0.381 e. The Labute approximate surface area is 130 Å². The molecule has 2 unspecified atom stereocenters. The molecule has 1 aliphatic rings. The monoisotopic (exact) mass is 303 g/mol. The number of hydrogen-bond donors (Lipinski definition) is 1. The van der Waals surface area contributed by atoms with Gasteiger partial charge in [-0.05, 0) is 36.6 Å². The lowest BCUT2D eigenvalue weighted by Gasteiger charge is -2.38. The van der Waals surface area contributed by atoms with Gasteiger partial charge in [0.2, 0.25) is 0 Å². The van der Waals surface area contributed by atoms with Crippen molar-refractivity contribution >= 4 is 10.9 Å². The van der Waals surface area contributed by atoms with Gasteiger partial charge >= 0.3 is 0 Å². The Morgan fingerprint density at radius 2 is 2.32 bits per heavy atom. The van der Waals surface area contributed by atoms with Crippen molar-refractivity contribution in [3.63, 3.8) is 0 Å². The molecule has 1 saturated heterocycles. The molecular formula is C17H22FN3O. The third kappa shape index (κ3) is 3.11. The third-order valence-electron chi connectivity index (χ3n) is 4.52. The van der Waals surface area contributed by atoms with Crippen molar-refractivity contribution in [3.8, 4) is 0 Å². The molecule has 2 aromatic rings. The molecule has 2 heterocycles. The molecule has 0 bridgehead atoms. The lowest BCUT2D eigenvalue weighted by molar-refractivity contribution is 0.0103. The van der Waals surface area contributed by atoms with Gasteiger partial charge in [-0.25, -0.2) is 4.39 Å². The van der Waals surface area contributed by atoms with E-state index in [0.717, 1.165) is 35.9 Å². The van der Waals surface area contributed by atoms with Crippen molar-refractivity contribution in [2.75, 3.05) is 20.2 Å². The van der Waals surface area contributed by atoms with E-state index in [0.29, 0.717) is 13.1 Å². The van der Waals surface area contributed by atoms with Gasteiger partial charge in [0.05, 0.1) is 11.6 Å². The summed E-state index contributed by atoms with van der Waals surface area (Å²) >= 11 is 0. The first-order valence-corrected chi connectivity index (χ1v) is 7.71. The number of aromatic nitrogens is 1. The van der Waals surface area contributed by atoms with E-state index >= 15 is 0 Å². The molecule has 22 heavy (non-hydrogen) atoms. The average molecular weight is 303 g/mol. The number of hydrogen-bond acceptors (Lipinski definition) is 4. The second kappa shape index (κ2) is 6.69. The number of methoxy groups -OCH3 is 1. The molecule has 1 fully saturated rings. The number of nitrogens with zero attached hydrogens (tertiary/aromatic N) is 2. The zero-order valence-corrected chi connectivity index (χ0v) is 12.8. The van der Waals surface area contributed by atoms with Crippen LogP contribution in [0.5, 0.6) is 0 Å². The van der Waals surface area contributed by atoms with Crippen molar-refractivity contribution < 1.29 is 9.13 Å². The van der Waals surface area contributed by atoms with Crippen LogP contribution in [0.1, 0.15) is 18.4 Å². The molecule has 118 valence electrons. The predicted molar refractivity (Wildman–Crippen MR) is 85.0 cm³/mol. The number of pyridine rings is 1. The smallest absolute Gasteiger partial charge is 0.124 e. The van der Waals surface area contributed by atoms with Crippen LogP contribution in [0.2, 0.25) is 0 Å². The molecule has 0 spiro atoms. The van der Waals surface area contributed by atoms with Crippen LogP contribution in [0, 0.1) is 5.82 Å². The molecule has 3 rings (SSSR count). The summed E-state index contributed by atoms with van der Waals surface area (Å²) in [6, 6.07) is 7.11. The average Bonchev–Trinajstić information content (AvgIpc) is 2.55. The molecule has 1 aromatic carbocycles. The van der Waals surface area contributed by atoms with Crippen LogP contribution in [0.3, 0.4) is 0 Å². The molecule has 4 nitrogen and oxygen atoms in total. The van der Waals surface area contributed by atoms with Gasteiger partial charge in [0.1, 0.15) is 5.82 Å². The fourth-order valence-electron chi connectivity index (χ4n) is 3.30. The Bertz CT molecular complexity index is 649. The minimum absolute atomic E-state index is 0.216. The quantitative estimate of drug-likeness (QED) is 0.942. The summed E-state index contributed by atoms with van der Waals surface area (Å²) in [6.07, 6.45) is 3.93. The summed E-state index contributed by atoms with van der Waals surface area (Å²) < 4.78 is 19.3. The molecule has 1 aliphatic heterocycles. The molecule has 5 heteroatoms. The largest absolute Gasteiger partial charge is 0.381 e. The highest BCUT2D eigenvalue weighted by Gasteiger charge is 2.28. The maximum absolute atomic E-state index is 13.9. The third-order valence-corrected chi connectivity index (χ3v) is 4.52. The zero-order valence-electron chi connectivity index (χ0n) is 12.8. The van der Waals surface area contributed by atoms with Gasteiger partial charge in [-0.2, -0.15) is 0 Å². The van der Waals surface area contributed by atoms with Crippen LogP contribution < -0.4 is 5.73 Å². The van der Waals surface area contributed by atoms with Crippen LogP contribution in [0.4, 0.5) is 4.39 Å². The van der Waals surface area contributed by atoms with Crippen LogP contribution in [0.15, 0.2) is 30.5 Å². The lowest BCUT2D eigenvalue weighted by Crippen LogP contribution is -2.48. The highest BCUT2D eigenvalue weighted by Crippen LogP contribution is 2.25. The number of likely N-dealkylation sites (tertiary alicyclic amines) is 1. The molecule has 2 atom stereocenters. The number of rotatable bonds is 4. The lowest BCUT2D eigenvalue weighted by atomic mass is 9.98. The number of benzene rings is 1. The van der Waals surface area contributed by atoms with Crippen LogP contribution >= 0.6 is 0 Å². The predicted octanol–water partition coefficient (Wildman–Crippen LogP) is 2.31. The van der Waals surface area contributed by atoms with Crippen molar-refractivity contribution in [2.24, 2.45) is 5.73 Å². The zero-order chi connectivity index (χ0) is 15.5. The Morgan fingerprint density at radius 3 is 3.09 bits per heavy atom. The van der Waals surface area contributed by atoms with E-state index in [4.69, 9.17) is 10.5 Å². The number of nitrogens with two attached hydrogens (primary N) is 1. The van der Waals surface area contributed by atoms with Gasteiger partial charge in [-0.1, -0.05) is 6.07 Å². The molecule has 0 amide bonds. The number of ether oxygens (including phenoxy) is 1. The number of fused-ring (bicyclic) bond motifs is 1. The fraction of sp³-hybridized carbons (Fsp3) is 0.471. The van der Waals surface area contributed by atoms with Gasteiger partial charge in [0.15, 0.2) is 0 Å². The van der Waals surface area contributed by atoms with Gasteiger partial charge in [0.25, 0.3) is 0 Å². The van der Waals surface area contributed by atoms with Crippen LogP contribution in [-0.4, -0.2) is 42.2 Å². The summed E-state index contributed by atoms with van der Waals surface area (Å²) in [5.41, 5.74) is 7.71. The SMILES string of the molecule is COC1CCN(Cc2cc(F)cc3cccnc23)C(CN)C1. The maximum Gasteiger partial charge on any atom is 0.124 e. The van der Waals surface area contributed by atoms with Crippen molar-refractivity contribution in [3.05, 3.63) is 41.8 Å². The van der Waals surface area contributed by atoms with E-state index in [-0.39, 0.29) is 18.0 Å². The second-order valence-electron chi connectivity index (χ2n) is 5.88. The second-order valence-corrected chi connectivity index (χ2v) is 5.88. The summed E-state index contributed by atoms with van der Waals surface area (Å²) in [6.45, 7) is 2.16. The Hall–Kier alpha value is -1.56. The van der Waals surface area contributed by atoms with Gasteiger partial charge in [-0.15, -0.1) is 0 Å². The summed E-state index contributed by atoms with van der Waals surface area (Å²) in [7, 11) is 1.75. The fourth-order valence-corrected chi connectivity index (χ4v) is 3.30. The topological polar surface area (TPSA) is 51.4 Å². The first-order valence-electron chi connectivity index (χ1n) is 7.71. The van der Waals surface area contributed by atoms with Crippen LogP contribution in [-0.2, 0) is 11.3 Å². The van der Waals surface area contributed by atoms with Crippen molar-refractivity contribution in [2.45, 2.75) is 31.5 Å². The van der Waals surface area contributed by atoms with Gasteiger partial charge in [0, 0.05) is 44.4 Å². The highest BCUT2D eigenvalue weighted by molar-refractivity contribution is 5.81. The summed E-state index contributed by atoms with van der Waals surface area (Å²) in [5, 5.41) is 0.841. The van der Waals surface area contributed by atoms with E-state index in [1.807, 2.05) is 12.1 Å². The normalized spacial score (nSPS) is 23.0. The first kappa shape index (κ1) is 15.3. The highest BCUT2D eigenvalue weighted by atomic mass is 19.1. The van der Waals surface area contributed by atoms with Crippen molar-refractivity contribution in [1.82, 2.24) is 9.88 Å². The molecule has 0 aliphatic carbocycles. The first-order chi connectivity index (χ1) is 10.7. The Balaban J connectivity index is 1.86. The van der Waals surface area contributed by atoms with E-state index in [1.54, 1.807) is 19.4 Å². The Kier molecular flexibility index (Phi) is 4.66. The molecular weight excluding hydrogens is 281 g/mol. The minimum atomic E-state index is -0.216. The molecule has 0 radical (unpaired) electrons. The van der Waals surface area contributed by atoms with Gasteiger partial charge in [-0.3, -0.25) is 9.88 Å². The molecule has 0 saturated carbocycles. The number of halogens is 1. The van der Waals surface area contributed by atoms with E-state index in [9.17, 15) is 4.39 Å². The Morgan fingerprint density at radius 1 is 1.45 bits per heavy atom. The molecule has 2 N–H and O–H groups in total. The van der Waals surface area contributed by atoms with Crippen LogP contribution in [0.25, 0.3) is 10.9 Å². The number of piperidine rings is 1. The summed E-state index contributed by atoms with van der Waals surface area (Å²) in [5.74, 6) is -0.216. The maximum atomic E-state index is 13.9. The van der Waals surface area contributed by atoms with E-state index in [2.05, 4.69) is 9.88 Å². The van der Waals surface area contributed by atoms with E-state index in [1.165, 1.54) is 6.07 Å². The van der Waals surface area contributed by atoms with E-state index < -0.39 is 0 Å². The molecule has 1 aromatic heterocycles.